The van der Waals surface area contributed by atoms with Gasteiger partial charge in [-0.3, -0.25) is 4.68 Å². The standard InChI is InChI=1S/C11H18BrN3/c1-7(8(2)14-9-4-5-9)11-10(12)6-13-15(11)3/h6-9,14H,4-5H2,1-3H3. The topological polar surface area (TPSA) is 29.9 Å². The number of hydrogen-bond acceptors (Lipinski definition) is 2. The van der Waals surface area contributed by atoms with Crippen molar-refractivity contribution in [3.63, 3.8) is 0 Å². The average molecular weight is 272 g/mol. The molecule has 84 valence electrons. The first-order chi connectivity index (χ1) is 7.09. The van der Waals surface area contributed by atoms with Gasteiger partial charge in [0.15, 0.2) is 0 Å². The molecule has 0 bridgehead atoms. The zero-order chi connectivity index (χ0) is 11.0. The highest BCUT2D eigenvalue weighted by Gasteiger charge is 2.27. The summed E-state index contributed by atoms with van der Waals surface area (Å²) in [5, 5.41) is 7.89. The van der Waals surface area contributed by atoms with Gasteiger partial charge in [-0.25, -0.2) is 0 Å². The molecule has 2 unspecified atom stereocenters. The zero-order valence-corrected chi connectivity index (χ0v) is 11.1. The van der Waals surface area contributed by atoms with E-state index >= 15 is 0 Å². The van der Waals surface area contributed by atoms with Crippen molar-refractivity contribution in [1.29, 1.82) is 0 Å². The van der Waals surface area contributed by atoms with Gasteiger partial charge in [0.2, 0.25) is 0 Å². The second-order valence-corrected chi connectivity index (χ2v) is 5.37. The summed E-state index contributed by atoms with van der Waals surface area (Å²) >= 11 is 3.56. The van der Waals surface area contributed by atoms with Crippen LogP contribution in [0.25, 0.3) is 0 Å². The maximum atomic E-state index is 4.26. The van der Waals surface area contributed by atoms with Crippen molar-refractivity contribution in [1.82, 2.24) is 15.1 Å². The molecule has 2 atom stereocenters. The van der Waals surface area contributed by atoms with E-state index in [-0.39, 0.29) is 0 Å². The molecule has 1 fully saturated rings. The van der Waals surface area contributed by atoms with Crippen molar-refractivity contribution < 1.29 is 0 Å². The van der Waals surface area contributed by atoms with Crippen LogP contribution in [0, 0.1) is 0 Å². The minimum atomic E-state index is 0.479. The maximum absolute atomic E-state index is 4.26. The predicted molar refractivity (Wildman–Crippen MR) is 64.9 cm³/mol. The molecule has 0 aromatic carbocycles. The number of rotatable bonds is 4. The van der Waals surface area contributed by atoms with Crippen LogP contribution >= 0.6 is 15.9 Å². The van der Waals surface area contributed by atoms with E-state index in [1.165, 1.54) is 18.5 Å². The first-order valence-electron chi connectivity index (χ1n) is 5.53. The summed E-state index contributed by atoms with van der Waals surface area (Å²) in [5.41, 5.74) is 1.27. The smallest absolute Gasteiger partial charge is 0.0635 e. The SMILES string of the molecule is CC(NC1CC1)C(C)c1c(Br)cnn1C. The fourth-order valence-corrected chi connectivity index (χ4v) is 2.64. The van der Waals surface area contributed by atoms with Gasteiger partial charge >= 0.3 is 0 Å². The van der Waals surface area contributed by atoms with Crippen LogP contribution in [0.5, 0.6) is 0 Å². The first-order valence-corrected chi connectivity index (χ1v) is 6.32. The largest absolute Gasteiger partial charge is 0.311 e. The minimum Gasteiger partial charge on any atom is -0.311 e. The fraction of sp³-hybridized carbons (Fsp3) is 0.727. The molecular weight excluding hydrogens is 254 g/mol. The van der Waals surface area contributed by atoms with E-state index in [0.717, 1.165) is 10.5 Å². The van der Waals surface area contributed by atoms with Crippen molar-refractivity contribution in [2.45, 2.75) is 44.7 Å². The lowest BCUT2D eigenvalue weighted by molar-refractivity contribution is 0.457. The highest BCUT2D eigenvalue weighted by Crippen LogP contribution is 2.28. The van der Waals surface area contributed by atoms with Gasteiger partial charge < -0.3 is 5.32 Å². The van der Waals surface area contributed by atoms with Crippen molar-refractivity contribution >= 4 is 15.9 Å². The molecule has 4 heteroatoms. The van der Waals surface area contributed by atoms with Crippen LogP contribution in [0.3, 0.4) is 0 Å². The number of nitrogens with one attached hydrogen (secondary N) is 1. The van der Waals surface area contributed by atoms with Crippen LogP contribution in [0.2, 0.25) is 0 Å². The monoisotopic (exact) mass is 271 g/mol. The third-order valence-corrected chi connectivity index (χ3v) is 3.81. The Morgan fingerprint density at radius 2 is 2.20 bits per heavy atom. The quantitative estimate of drug-likeness (QED) is 0.912. The number of nitrogens with zero attached hydrogens (tertiary/aromatic N) is 2. The normalized spacial score (nSPS) is 20.3. The van der Waals surface area contributed by atoms with Crippen molar-refractivity contribution in [2.75, 3.05) is 0 Å². The molecule has 1 heterocycles. The number of halogens is 1. The Bertz CT molecular complexity index is 324. The molecule has 0 aliphatic heterocycles. The van der Waals surface area contributed by atoms with E-state index in [1.807, 2.05) is 17.9 Å². The average Bonchev–Trinajstić information content (AvgIpc) is 2.93. The summed E-state index contributed by atoms with van der Waals surface area (Å²) in [7, 11) is 2.00. The van der Waals surface area contributed by atoms with E-state index in [4.69, 9.17) is 0 Å². The Morgan fingerprint density at radius 3 is 2.67 bits per heavy atom. The maximum Gasteiger partial charge on any atom is 0.0635 e. The van der Waals surface area contributed by atoms with Gasteiger partial charge in [0, 0.05) is 25.0 Å². The van der Waals surface area contributed by atoms with E-state index in [1.54, 1.807) is 0 Å². The van der Waals surface area contributed by atoms with Gasteiger partial charge in [0.1, 0.15) is 0 Å². The number of hydrogen-bond donors (Lipinski definition) is 1. The van der Waals surface area contributed by atoms with Crippen LogP contribution in [-0.4, -0.2) is 21.9 Å². The molecule has 0 radical (unpaired) electrons. The summed E-state index contributed by atoms with van der Waals surface area (Å²) in [5.74, 6) is 0.479. The van der Waals surface area contributed by atoms with Crippen LogP contribution in [0.15, 0.2) is 10.7 Å². The van der Waals surface area contributed by atoms with Crippen molar-refractivity contribution in [2.24, 2.45) is 7.05 Å². The molecule has 1 aliphatic rings. The highest BCUT2D eigenvalue weighted by atomic mass is 79.9. The Hall–Kier alpha value is -0.350. The molecule has 1 saturated carbocycles. The van der Waals surface area contributed by atoms with Gasteiger partial charge in [0.25, 0.3) is 0 Å². The lowest BCUT2D eigenvalue weighted by Crippen LogP contribution is -2.33. The number of aromatic nitrogens is 2. The van der Waals surface area contributed by atoms with Crippen molar-refractivity contribution in [3.8, 4) is 0 Å². The molecular formula is C11H18BrN3. The van der Waals surface area contributed by atoms with Gasteiger partial charge in [-0.15, -0.1) is 0 Å². The van der Waals surface area contributed by atoms with Crippen LogP contribution in [-0.2, 0) is 7.05 Å². The van der Waals surface area contributed by atoms with E-state index in [9.17, 15) is 0 Å². The predicted octanol–water partition coefficient (Wildman–Crippen LogP) is 2.43. The molecule has 1 N–H and O–H groups in total. The number of aryl methyl sites for hydroxylation is 1. The molecule has 0 spiro atoms. The second-order valence-electron chi connectivity index (χ2n) is 4.52. The molecule has 1 aromatic rings. The molecule has 0 amide bonds. The third kappa shape index (κ3) is 2.42. The van der Waals surface area contributed by atoms with Crippen LogP contribution in [0.1, 0.15) is 38.3 Å². The van der Waals surface area contributed by atoms with Crippen LogP contribution < -0.4 is 5.32 Å². The minimum absolute atomic E-state index is 0.479. The molecule has 2 rings (SSSR count). The van der Waals surface area contributed by atoms with Gasteiger partial charge in [-0.05, 0) is 35.7 Å². The summed E-state index contributed by atoms with van der Waals surface area (Å²) in [4.78, 5) is 0. The second kappa shape index (κ2) is 4.26. The summed E-state index contributed by atoms with van der Waals surface area (Å²) < 4.78 is 3.07. The third-order valence-electron chi connectivity index (χ3n) is 3.19. The molecule has 1 aliphatic carbocycles. The van der Waals surface area contributed by atoms with Gasteiger partial charge in [0.05, 0.1) is 16.4 Å². The highest BCUT2D eigenvalue weighted by molar-refractivity contribution is 9.10. The lowest BCUT2D eigenvalue weighted by atomic mass is 9.99. The summed E-state index contributed by atoms with van der Waals surface area (Å²) in [6.07, 6.45) is 4.54. The van der Waals surface area contributed by atoms with Crippen LogP contribution in [0.4, 0.5) is 0 Å². The molecule has 1 aromatic heterocycles. The van der Waals surface area contributed by atoms with E-state index in [2.05, 4.69) is 40.2 Å². The molecule has 15 heavy (non-hydrogen) atoms. The van der Waals surface area contributed by atoms with Gasteiger partial charge in [-0.2, -0.15) is 5.10 Å². The molecule has 3 nitrogen and oxygen atoms in total. The zero-order valence-electron chi connectivity index (χ0n) is 9.50. The van der Waals surface area contributed by atoms with E-state index in [0.29, 0.717) is 12.0 Å². The van der Waals surface area contributed by atoms with Gasteiger partial charge in [-0.1, -0.05) is 6.92 Å². The Labute approximate surface area is 99.4 Å². The Balaban J connectivity index is 2.08. The van der Waals surface area contributed by atoms with E-state index < -0.39 is 0 Å². The fourth-order valence-electron chi connectivity index (χ4n) is 1.94. The van der Waals surface area contributed by atoms with Crippen molar-refractivity contribution in [3.05, 3.63) is 16.4 Å². The molecule has 0 saturated heterocycles. The lowest BCUT2D eigenvalue weighted by Gasteiger charge is -2.22. The Kier molecular flexibility index (Phi) is 3.16. The summed E-state index contributed by atoms with van der Waals surface area (Å²) in [6, 6.07) is 1.26. The Morgan fingerprint density at radius 1 is 1.53 bits per heavy atom. The summed E-state index contributed by atoms with van der Waals surface area (Å²) in [6.45, 7) is 4.50. The first kappa shape index (κ1) is 11.1.